The van der Waals surface area contributed by atoms with E-state index in [4.69, 9.17) is 0 Å². The van der Waals surface area contributed by atoms with Crippen molar-refractivity contribution < 1.29 is 9.90 Å². The van der Waals surface area contributed by atoms with E-state index in [0.29, 0.717) is 0 Å². The predicted molar refractivity (Wildman–Crippen MR) is 37.7 cm³/mol. The minimum absolute atomic E-state index is 0.158. The van der Waals surface area contributed by atoms with Gasteiger partial charge in [0.1, 0.15) is 6.29 Å². The smallest absolute Gasteiger partial charge is 0.122 e. The summed E-state index contributed by atoms with van der Waals surface area (Å²) in [5.74, 6) is 0. The van der Waals surface area contributed by atoms with Crippen molar-refractivity contribution >= 4 is 6.29 Å². The fraction of sp³-hybridized carbons (Fsp3) is 0.857. The number of nitrogens with one attached hydrogen (secondary N) is 1. The molecule has 0 aromatic rings. The highest BCUT2D eigenvalue weighted by Gasteiger charge is 2.21. The fourth-order valence-electron chi connectivity index (χ4n) is 1.30. The zero-order valence-electron chi connectivity index (χ0n) is 5.92. The van der Waals surface area contributed by atoms with Crippen LogP contribution in [0.25, 0.3) is 0 Å². The van der Waals surface area contributed by atoms with Crippen molar-refractivity contribution in [3.63, 3.8) is 0 Å². The molecule has 1 aliphatic heterocycles. The first kappa shape index (κ1) is 7.69. The number of carbonyl (C=O) groups excluding carboxylic acids is 1. The van der Waals surface area contributed by atoms with Gasteiger partial charge in [0, 0.05) is 12.5 Å². The maximum absolute atomic E-state index is 9.98. The number of aldehydes is 1. The van der Waals surface area contributed by atoms with Crippen LogP contribution in [0.2, 0.25) is 0 Å². The van der Waals surface area contributed by atoms with Crippen LogP contribution in [0.15, 0.2) is 0 Å². The molecule has 0 bridgehead atoms. The third kappa shape index (κ3) is 1.78. The molecule has 0 aromatic carbocycles. The van der Waals surface area contributed by atoms with Gasteiger partial charge in [0.15, 0.2) is 0 Å². The summed E-state index contributed by atoms with van der Waals surface area (Å²) in [6.07, 6.45) is 2.66. The van der Waals surface area contributed by atoms with Crippen LogP contribution in [0.1, 0.15) is 19.3 Å². The van der Waals surface area contributed by atoms with Crippen molar-refractivity contribution in [1.82, 2.24) is 5.32 Å². The highest BCUT2D eigenvalue weighted by atomic mass is 16.3. The lowest BCUT2D eigenvalue weighted by atomic mass is 10.1. The molecule has 3 heteroatoms. The molecule has 0 spiro atoms. The van der Waals surface area contributed by atoms with Crippen molar-refractivity contribution in [2.24, 2.45) is 0 Å². The van der Waals surface area contributed by atoms with E-state index >= 15 is 0 Å². The average Bonchev–Trinajstić information content (AvgIpc) is 2.38. The number of hydrogen-bond acceptors (Lipinski definition) is 3. The van der Waals surface area contributed by atoms with Gasteiger partial charge < -0.3 is 15.2 Å². The summed E-state index contributed by atoms with van der Waals surface area (Å²) in [5.41, 5.74) is 0. The molecule has 10 heavy (non-hydrogen) atoms. The Hall–Kier alpha value is -0.410. The Morgan fingerprint density at radius 1 is 1.80 bits per heavy atom. The third-order valence-corrected chi connectivity index (χ3v) is 1.90. The van der Waals surface area contributed by atoms with Gasteiger partial charge in [0.25, 0.3) is 0 Å². The van der Waals surface area contributed by atoms with E-state index in [1.165, 1.54) is 0 Å². The van der Waals surface area contributed by atoms with Gasteiger partial charge in [-0.15, -0.1) is 0 Å². The first-order chi connectivity index (χ1) is 4.84. The summed E-state index contributed by atoms with van der Waals surface area (Å²) >= 11 is 0. The molecule has 1 rings (SSSR count). The Kier molecular flexibility index (Phi) is 2.83. The van der Waals surface area contributed by atoms with E-state index in [2.05, 4.69) is 5.32 Å². The number of carbonyl (C=O) groups is 1. The van der Waals surface area contributed by atoms with Crippen LogP contribution in [0.5, 0.6) is 0 Å². The monoisotopic (exact) mass is 143 g/mol. The molecule has 0 aromatic heterocycles. The SMILES string of the molecule is O=CCC(O)C1CCCN1. The lowest BCUT2D eigenvalue weighted by Gasteiger charge is -2.14. The maximum Gasteiger partial charge on any atom is 0.122 e. The van der Waals surface area contributed by atoms with E-state index in [-0.39, 0.29) is 12.5 Å². The summed E-state index contributed by atoms with van der Waals surface area (Å²) in [6, 6.07) is 0.158. The molecule has 0 saturated carbocycles. The van der Waals surface area contributed by atoms with Gasteiger partial charge in [-0.25, -0.2) is 0 Å². The molecule has 1 saturated heterocycles. The second kappa shape index (κ2) is 3.68. The summed E-state index contributed by atoms with van der Waals surface area (Å²) in [5, 5.41) is 12.4. The van der Waals surface area contributed by atoms with Crippen LogP contribution in [0, 0.1) is 0 Å². The number of aliphatic hydroxyl groups excluding tert-OH is 1. The van der Waals surface area contributed by atoms with Gasteiger partial charge in [-0.1, -0.05) is 0 Å². The van der Waals surface area contributed by atoms with Gasteiger partial charge in [-0.2, -0.15) is 0 Å². The van der Waals surface area contributed by atoms with E-state index in [1.54, 1.807) is 0 Å². The Balaban J connectivity index is 2.24. The van der Waals surface area contributed by atoms with Crippen molar-refractivity contribution in [3.8, 4) is 0 Å². The van der Waals surface area contributed by atoms with Gasteiger partial charge in [-0.3, -0.25) is 0 Å². The van der Waals surface area contributed by atoms with Gasteiger partial charge in [0.2, 0.25) is 0 Å². The molecule has 2 N–H and O–H groups in total. The second-order valence-corrected chi connectivity index (χ2v) is 2.67. The number of rotatable bonds is 3. The lowest BCUT2D eigenvalue weighted by Crippen LogP contribution is -2.34. The van der Waals surface area contributed by atoms with Crippen LogP contribution in [0.4, 0.5) is 0 Å². The van der Waals surface area contributed by atoms with Gasteiger partial charge in [-0.05, 0) is 19.4 Å². The molecular weight excluding hydrogens is 130 g/mol. The molecule has 0 aliphatic carbocycles. The molecule has 0 amide bonds. The molecule has 1 heterocycles. The molecule has 3 nitrogen and oxygen atoms in total. The number of aliphatic hydroxyl groups is 1. The average molecular weight is 143 g/mol. The Labute approximate surface area is 60.4 Å². The van der Waals surface area contributed by atoms with Crippen LogP contribution >= 0.6 is 0 Å². The largest absolute Gasteiger partial charge is 0.391 e. The highest BCUT2D eigenvalue weighted by molar-refractivity contribution is 5.50. The normalized spacial score (nSPS) is 28.3. The zero-order chi connectivity index (χ0) is 7.40. The Morgan fingerprint density at radius 3 is 3.10 bits per heavy atom. The van der Waals surface area contributed by atoms with Crippen molar-refractivity contribution in [2.45, 2.75) is 31.4 Å². The summed E-state index contributed by atoms with van der Waals surface area (Å²) in [4.78, 5) is 9.98. The molecule has 0 radical (unpaired) electrons. The molecule has 1 aliphatic rings. The van der Waals surface area contributed by atoms with Crippen molar-refractivity contribution in [1.29, 1.82) is 0 Å². The Bertz CT molecular complexity index is 110. The van der Waals surface area contributed by atoms with Crippen LogP contribution in [0.3, 0.4) is 0 Å². The lowest BCUT2D eigenvalue weighted by molar-refractivity contribution is -0.109. The summed E-state index contributed by atoms with van der Waals surface area (Å²) < 4.78 is 0. The van der Waals surface area contributed by atoms with E-state index in [9.17, 15) is 9.90 Å². The zero-order valence-corrected chi connectivity index (χ0v) is 5.92. The van der Waals surface area contributed by atoms with Crippen LogP contribution in [-0.2, 0) is 4.79 Å². The predicted octanol–water partition coefficient (Wildman–Crippen LogP) is -0.312. The molecule has 2 unspecified atom stereocenters. The summed E-state index contributed by atoms with van der Waals surface area (Å²) in [7, 11) is 0. The third-order valence-electron chi connectivity index (χ3n) is 1.90. The molecular formula is C7H13NO2. The van der Waals surface area contributed by atoms with Gasteiger partial charge >= 0.3 is 0 Å². The molecule has 2 atom stereocenters. The molecule has 1 fully saturated rings. The topological polar surface area (TPSA) is 49.3 Å². The van der Waals surface area contributed by atoms with E-state index in [0.717, 1.165) is 25.7 Å². The highest BCUT2D eigenvalue weighted by Crippen LogP contribution is 2.10. The van der Waals surface area contributed by atoms with Crippen molar-refractivity contribution in [2.75, 3.05) is 6.54 Å². The van der Waals surface area contributed by atoms with Crippen LogP contribution in [-0.4, -0.2) is 30.1 Å². The van der Waals surface area contributed by atoms with E-state index < -0.39 is 6.10 Å². The quantitative estimate of drug-likeness (QED) is 0.533. The van der Waals surface area contributed by atoms with Crippen molar-refractivity contribution in [3.05, 3.63) is 0 Å². The standard InChI is InChI=1S/C7H13NO2/c9-5-3-7(10)6-2-1-4-8-6/h5-8,10H,1-4H2. The minimum Gasteiger partial charge on any atom is -0.391 e. The van der Waals surface area contributed by atoms with Crippen LogP contribution < -0.4 is 5.32 Å². The maximum atomic E-state index is 9.98. The van der Waals surface area contributed by atoms with E-state index in [1.807, 2.05) is 0 Å². The second-order valence-electron chi connectivity index (χ2n) is 2.67. The van der Waals surface area contributed by atoms with Gasteiger partial charge in [0.05, 0.1) is 6.10 Å². The summed E-state index contributed by atoms with van der Waals surface area (Å²) in [6.45, 7) is 0.973. The first-order valence-electron chi connectivity index (χ1n) is 3.69. The molecule has 58 valence electrons. The minimum atomic E-state index is -0.472. The Morgan fingerprint density at radius 2 is 2.60 bits per heavy atom. The number of hydrogen-bond donors (Lipinski definition) is 2. The first-order valence-corrected chi connectivity index (χ1v) is 3.69. The fourth-order valence-corrected chi connectivity index (χ4v) is 1.30.